The molecule has 21 heavy (non-hydrogen) atoms. The van der Waals surface area contributed by atoms with Crippen molar-refractivity contribution in [2.24, 2.45) is 0 Å². The van der Waals surface area contributed by atoms with E-state index in [1.165, 1.54) is 6.07 Å². The average Bonchev–Trinajstić information content (AvgIpc) is 2.81. The molecule has 0 aliphatic carbocycles. The van der Waals surface area contributed by atoms with Crippen molar-refractivity contribution < 1.29 is 18.0 Å². The molecule has 3 N–H and O–H groups in total. The summed E-state index contributed by atoms with van der Waals surface area (Å²) in [5, 5.41) is 8.27. The summed E-state index contributed by atoms with van der Waals surface area (Å²) in [5.74, 6) is -1.06. The molecule has 1 fully saturated rings. The third-order valence-electron chi connectivity index (χ3n) is 2.95. The summed E-state index contributed by atoms with van der Waals surface area (Å²) in [4.78, 5) is 18.0. The molecule has 0 bridgehead atoms. The van der Waals surface area contributed by atoms with Crippen LogP contribution < -0.4 is 16.0 Å². The SMILES string of the molecule is CCNc1cc(NCC2CCC(=O)N2)nc(C(F)(F)F)n1. The smallest absolute Gasteiger partial charge is 0.370 e. The van der Waals surface area contributed by atoms with Crippen molar-refractivity contribution in [2.75, 3.05) is 23.7 Å². The highest BCUT2D eigenvalue weighted by Crippen LogP contribution is 2.28. The van der Waals surface area contributed by atoms with Crippen LogP contribution in [-0.2, 0) is 11.0 Å². The van der Waals surface area contributed by atoms with Crippen LogP contribution in [0.15, 0.2) is 6.07 Å². The molecule has 0 saturated carbocycles. The van der Waals surface area contributed by atoms with Gasteiger partial charge in [-0.05, 0) is 13.3 Å². The van der Waals surface area contributed by atoms with Gasteiger partial charge in [-0.1, -0.05) is 0 Å². The van der Waals surface area contributed by atoms with Crippen LogP contribution in [0.4, 0.5) is 24.8 Å². The molecule has 2 rings (SSSR count). The minimum absolute atomic E-state index is 0.0474. The fourth-order valence-electron chi connectivity index (χ4n) is 1.99. The average molecular weight is 303 g/mol. The number of nitrogens with one attached hydrogen (secondary N) is 3. The number of anilines is 2. The zero-order chi connectivity index (χ0) is 15.5. The van der Waals surface area contributed by atoms with Crippen LogP contribution in [0, 0.1) is 0 Å². The summed E-state index contributed by atoms with van der Waals surface area (Å²) in [7, 11) is 0. The van der Waals surface area contributed by atoms with Crippen molar-refractivity contribution in [2.45, 2.75) is 32.0 Å². The first-order valence-corrected chi connectivity index (χ1v) is 6.62. The van der Waals surface area contributed by atoms with Gasteiger partial charge in [0.1, 0.15) is 11.6 Å². The Balaban J connectivity index is 2.10. The Morgan fingerprint density at radius 2 is 2.00 bits per heavy atom. The fourth-order valence-corrected chi connectivity index (χ4v) is 1.99. The summed E-state index contributed by atoms with van der Waals surface area (Å²) in [6.07, 6.45) is -3.51. The Labute approximate surface area is 119 Å². The zero-order valence-electron chi connectivity index (χ0n) is 11.4. The van der Waals surface area contributed by atoms with Gasteiger partial charge in [-0.2, -0.15) is 13.2 Å². The number of hydrogen-bond acceptors (Lipinski definition) is 5. The van der Waals surface area contributed by atoms with Crippen LogP contribution in [0.25, 0.3) is 0 Å². The molecule has 9 heteroatoms. The lowest BCUT2D eigenvalue weighted by molar-refractivity contribution is -0.144. The van der Waals surface area contributed by atoms with Crippen LogP contribution in [0.1, 0.15) is 25.6 Å². The second kappa shape index (κ2) is 6.15. The van der Waals surface area contributed by atoms with E-state index in [0.29, 0.717) is 25.9 Å². The van der Waals surface area contributed by atoms with Gasteiger partial charge in [-0.15, -0.1) is 0 Å². The van der Waals surface area contributed by atoms with Gasteiger partial charge in [0.25, 0.3) is 0 Å². The normalized spacial score (nSPS) is 18.5. The molecule has 1 unspecified atom stereocenters. The Kier molecular flexibility index (Phi) is 4.49. The molecular weight excluding hydrogens is 287 g/mol. The van der Waals surface area contributed by atoms with Gasteiger partial charge in [0.05, 0.1) is 0 Å². The van der Waals surface area contributed by atoms with E-state index in [0.717, 1.165) is 0 Å². The van der Waals surface area contributed by atoms with Gasteiger partial charge in [-0.3, -0.25) is 4.79 Å². The summed E-state index contributed by atoms with van der Waals surface area (Å²) >= 11 is 0. The van der Waals surface area contributed by atoms with Gasteiger partial charge in [0, 0.05) is 31.6 Å². The van der Waals surface area contributed by atoms with E-state index >= 15 is 0 Å². The number of hydrogen-bond donors (Lipinski definition) is 3. The first-order valence-electron chi connectivity index (χ1n) is 6.62. The lowest BCUT2D eigenvalue weighted by Gasteiger charge is -2.14. The van der Waals surface area contributed by atoms with Crippen LogP contribution in [0.2, 0.25) is 0 Å². The minimum atomic E-state index is -4.61. The van der Waals surface area contributed by atoms with Gasteiger partial charge >= 0.3 is 6.18 Å². The van der Waals surface area contributed by atoms with Crippen molar-refractivity contribution in [1.82, 2.24) is 15.3 Å². The number of carbonyl (C=O) groups is 1. The van der Waals surface area contributed by atoms with E-state index in [-0.39, 0.29) is 23.6 Å². The Morgan fingerprint density at radius 1 is 1.33 bits per heavy atom. The molecule has 1 aliphatic rings. The molecule has 1 atom stereocenters. The van der Waals surface area contributed by atoms with Crippen molar-refractivity contribution in [3.63, 3.8) is 0 Å². The first-order chi connectivity index (χ1) is 9.88. The second-order valence-electron chi connectivity index (χ2n) is 4.67. The largest absolute Gasteiger partial charge is 0.451 e. The van der Waals surface area contributed by atoms with E-state index in [1.54, 1.807) is 6.92 Å². The Bertz CT molecular complexity index is 520. The maximum absolute atomic E-state index is 12.7. The van der Waals surface area contributed by atoms with E-state index in [1.807, 2.05) is 0 Å². The van der Waals surface area contributed by atoms with Crippen molar-refractivity contribution in [1.29, 1.82) is 0 Å². The predicted octanol–water partition coefficient (Wildman–Crippen LogP) is 1.62. The molecule has 116 valence electrons. The lowest BCUT2D eigenvalue weighted by Crippen LogP contribution is -2.32. The first kappa shape index (κ1) is 15.3. The number of alkyl halides is 3. The van der Waals surface area contributed by atoms with Gasteiger partial charge in [0.2, 0.25) is 11.7 Å². The van der Waals surface area contributed by atoms with Crippen molar-refractivity contribution in [3.8, 4) is 0 Å². The summed E-state index contributed by atoms with van der Waals surface area (Å²) in [6, 6.07) is 1.32. The maximum atomic E-state index is 12.7. The van der Waals surface area contributed by atoms with Crippen LogP contribution in [0.3, 0.4) is 0 Å². The third kappa shape index (κ3) is 4.20. The number of amides is 1. The number of carbonyl (C=O) groups excluding carboxylic acids is 1. The molecule has 1 aromatic rings. The predicted molar refractivity (Wildman–Crippen MR) is 70.9 cm³/mol. The molecule has 1 aliphatic heterocycles. The monoisotopic (exact) mass is 303 g/mol. The van der Waals surface area contributed by atoms with Gasteiger partial charge in [0.15, 0.2) is 0 Å². The molecule has 2 heterocycles. The highest BCUT2D eigenvalue weighted by molar-refractivity contribution is 5.78. The molecule has 1 aromatic heterocycles. The molecule has 0 aromatic carbocycles. The second-order valence-corrected chi connectivity index (χ2v) is 4.67. The highest BCUT2D eigenvalue weighted by atomic mass is 19.4. The van der Waals surface area contributed by atoms with E-state index in [4.69, 9.17) is 0 Å². The molecule has 0 radical (unpaired) electrons. The van der Waals surface area contributed by atoms with Crippen LogP contribution >= 0.6 is 0 Å². The van der Waals surface area contributed by atoms with Crippen LogP contribution in [0.5, 0.6) is 0 Å². The number of halogens is 3. The lowest BCUT2D eigenvalue weighted by atomic mass is 10.2. The summed E-state index contributed by atoms with van der Waals surface area (Å²) < 4.78 is 38.2. The number of rotatable bonds is 5. The Hall–Kier alpha value is -2.06. The molecule has 6 nitrogen and oxygen atoms in total. The summed E-state index contributed by atoms with van der Waals surface area (Å²) in [6.45, 7) is 2.54. The van der Waals surface area contributed by atoms with Gasteiger partial charge < -0.3 is 16.0 Å². The molecule has 1 amide bonds. The topological polar surface area (TPSA) is 78.9 Å². The molecule has 1 saturated heterocycles. The number of aromatic nitrogens is 2. The molecule has 0 spiro atoms. The van der Waals surface area contributed by atoms with Crippen molar-refractivity contribution in [3.05, 3.63) is 11.9 Å². The molecular formula is C12H16F3N5O. The standard InChI is InChI=1S/C12H16F3N5O/c1-2-16-8-5-9(20-11(19-8)12(13,14)15)17-6-7-3-4-10(21)18-7/h5,7H,2-4,6H2,1H3,(H,18,21)(H2,16,17,19,20). The van der Waals surface area contributed by atoms with E-state index in [9.17, 15) is 18.0 Å². The minimum Gasteiger partial charge on any atom is -0.370 e. The van der Waals surface area contributed by atoms with Crippen LogP contribution in [-0.4, -0.2) is 35.0 Å². The van der Waals surface area contributed by atoms with Gasteiger partial charge in [-0.25, -0.2) is 9.97 Å². The fraction of sp³-hybridized carbons (Fsp3) is 0.583. The summed E-state index contributed by atoms with van der Waals surface area (Å²) in [5.41, 5.74) is 0. The third-order valence-corrected chi connectivity index (χ3v) is 2.95. The zero-order valence-corrected chi connectivity index (χ0v) is 11.4. The quantitative estimate of drug-likeness (QED) is 0.770. The van der Waals surface area contributed by atoms with E-state index < -0.39 is 12.0 Å². The number of nitrogens with zero attached hydrogens (tertiary/aromatic N) is 2. The van der Waals surface area contributed by atoms with E-state index in [2.05, 4.69) is 25.9 Å². The highest BCUT2D eigenvalue weighted by Gasteiger charge is 2.35. The Morgan fingerprint density at radius 3 is 2.52 bits per heavy atom. The maximum Gasteiger partial charge on any atom is 0.451 e. The van der Waals surface area contributed by atoms with Crippen molar-refractivity contribution >= 4 is 17.5 Å².